The topological polar surface area (TPSA) is 72.2 Å². The number of anilines is 1. The first kappa shape index (κ1) is 13.6. The molecule has 0 aromatic heterocycles. The predicted molar refractivity (Wildman–Crippen MR) is 73.0 cm³/mol. The number of nitrogen functional groups attached to an aromatic ring is 1. The van der Waals surface area contributed by atoms with Gasteiger partial charge in [0.15, 0.2) is 0 Å². The van der Waals surface area contributed by atoms with Crippen LogP contribution in [0.1, 0.15) is 26.2 Å². The van der Waals surface area contributed by atoms with Crippen LogP contribution in [0.3, 0.4) is 0 Å². The lowest BCUT2D eigenvalue weighted by Crippen LogP contribution is -2.27. The van der Waals surface area contributed by atoms with E-state index in [-0.39, 0.29) is 16.6 Å². The first-order valence-corrected chi connectivity index (χ1v) is 7.87. The fourth-order valence-electron chi connectivity index (χ4n) is 2.04. The fourth-order valence-corrected chi connectivity index (χ4v) is 3.51. The highest BCUT2D eigenvalue weighted by Crippen LogP contribution is 2.36. The number of nitrogens with one attached hydrogen (secondary N) is 1. The van der Waals surface area contributed by atoms with Gasteiger partial charge < -0.3 is 5.73 Å². The lowest BCUT2D eigenvalue weighted by atomic mass is 10.2. The molecule has 0 heterocycles. The van der Waals surface area contributed by atoms with E-state index < -0.39 is 10.0 Å². The Morgan fingerprint density at radius 2 is 2.22 bits per heavy atom. The second kappa shape index (κ2) is 5.07. The first-order valence-electron chi connectivity index (χ1n) is 6.01. The smallest absolute Gasteiger partial charge is 0.240 e. The molecule has 100 valence electrons. The van der Waals surface area contributed by atoms with Gasteiger partial charge in [0.1, 0.15) is 0 Å². The summed E-state index contributed by atoms with van der Waals surface area (Å²) in [4.78, 5) is 0.173. The van der Waals surface area contributed by atoms with Crippen LogP contribution in [0, 0.1) is 5.92 Å². The van der Waals surface area contributed by atoms with E-state index in [1.165, 1.54) is 18.2 Å². The van der Waals surface area contributed by atoms with Crippen molar-refractivity contribution >= 4 is 27.3 Å². The molecule has 0 amide bonds. The minimum Gasteiger partial charge on any atom is -0.397 e. The summed E-state index contributed by atoms with van der Waals surface area (Å²) in [5, 5.41) is 0.365. The Bertz CT molecular complexity index is 545. The van der Waals surface area contributed by atoms with Gasteiger partial charge in [-0.05, 0) is 37.0 Å². The fraction of sp³-hybridized carbons (Fsp3) is 0.500. The van der Waals surface area contributed by atoms with Crippen LogP contribution in [0.25, 0.3) is 0 Å². The molecule has 2 atom stereocenters. The van der Waals surface area contributed by atoms with E-state index in [4.69, 9.17) is 17.3 Å². The SMILES string of the molecule is CCCC1CC1NS(=O)(=O)c1ccc(Cl)c(N)c1. The van der Waals surface area contributed by atoms with Crippen molar-refractivity contribution in [2.75, 3.05) is 5.73 Å². The molecule has 0 saturated heterocycles. The minimum absolute atomic E-state index is 0.0758. The number of rotatable bonds is 5. The second-order valence-electron chi connectivity index (χ2n) is 4.70. The maximum absolute atomic E-state index is 12.1. The van der Waals surface area contributed by atoms with Crippen molar-refractivity contribution in [1.29, 1.82) is 0 Å². The summed E-state index contributed by atoms with van der Waals surface area (Å²) in [5.41, 5.74) is 5.89. The molecule has 1 saturated carbocycles. The summed E-state index contributed by atoms with van der Waals surface area (Å²) in [6.45, 7) is 2.10. The molecule has 0 spiro atoms. The van der Waals surface area contributed by atoms with Crippen molar-refractivity contribution in [2.24, 2.45) is 5.92 Å². The van der Waals surface area contributed by atoms with E-state index >= 15 is 0 Å². The van der Waals surface area contributed by atoms with Crippen molar-refractivity contribution in [2.45, 2.75) is 37.1 Å². The molecule has 0 bridgehead atoms. The largest absolute Gasteiger partial charge is 0.397 e. The van der Waals surface area contributed by atoms with Crippen LogP contribution < -0.4 is 10.5 Å². The highest BCUT2D eigenvalue weighted by atomic mass is 35.5. The monoisotopic (exact) mass is 288 g/mol. The van der Waals surface area contributed by atoms with Crippen LogP contribution in [-0.4, -0.2) is 14.5 Å². The zero-order valence-corrected chi connectivity index (χ0v) is 11.8. The van der Waals surface area contributed by atoms with Gasteiger partial charge in [0.05, 0.1) is 15.6 Å². The van der Waals surface area contributed by atoms with Crippen LogP contribution in [-0.2, 0) is 10.0 Å². The lowest BCUT2D eigenvalue weighted by Gasteiger charge is -2.07. The number of halogens is 1. The van der Waals surface area contributed by atoms with Crippen LogP contribution in [0.4, 0.5) is 5.69 Å². The van der Waals surface area contributed by atoms with Gasteiger partial charge in [-0.15, -0.1) is 0 Å². The van der Waals surface area contributed by atoms with Gasteiger partial charge in [-0.25, -0.2) is 13.1 Å². The van der Waals surface area contributed by atoms with Gasteiger partial charge in [-0.3, -0.25) is 0 Å². The number of nitrogens with two attached hydrogens (primary N) is 1. The summed E-state index contributed by atoms with van der Waals surface area (Å²) in [7, 11) is -3.48. The maximum Gasteiger partial charge on any atom is 0.240 e. The summed E-state index contributed by atoms with van der Waals surface area (Å²) in [5.74, 6) is 0.481. The predicted octanol–water partition coefficient (Wildman–Crippen LogP) is 2.39. The van der Waals surface area contributed by atoms with Crippen molar-refractivity contribution in [3.05, 3.63) is 23.2 Å². The molecule has 2 unspecified atom stereocenters. The normalized spacial score (nSPS) is 23.0. The summed E-state index contributed by atoms with van der Waals surface area (Å²) in [6, 6.07) is 4.44. The molecule has 4 nitrogen and oxygen atoms in total. The van der Waals surface area contributed by atoms with Crippen LogP contribution >= 0.6 is 11.6 Å². The lowest BCUT2D eigenvalue weighted by molar-refractivity contribution is 0.573. The Kier molecular flexibility index (Phi) is 3.84. The van der Waals surface area contributed by atoms with E-state index in [0.29, 0.717) is 10.9 Å². The van der Waals surface area contributed by atoms with E-state index in [9.17, 15) is 8.42 Å². The Hall–Kier alpha value is -0.780. The van der Waals surface area contributed by atoms with Crippen molar-refractivity contribution in [3.8, 4) is 0 Å². The zero-order chi connectivity index (χ0) is 13.3. The molecule has 1 aromatic carbocycles. The highest BCUT2D eigenvalue weighted by Gasteiger charge is 2.39. The molecule has 0 aliphatic heterocycles. The highest BCUT2D eigenvalue weighted by molar-refractivity contribution is 7.89. The molecule has 1 fully saturated rings. The van der Waals surface area contributed by atoms with Crippen molar-refractivity contribution < 1.29 is 8.42 Å². The van der Waals surface area contributed by atoms with Crippen molar-refractivity contribution in [3.63, 3.8) is 0 Å². The third kappa shape index (κ3) is 2.96. The molecule has 2 rings (SSSR count). The summed E-state index contributed by atoms with van der Waals surface area (Å²) < 4.78 is 26.9. The van der Waals surface area contributed by atoms with Crippen LogP contribution in [0.2, 0.25) is 5.02 Å². The molecule has 1 aromatic rings. The quantitative estimate of drug-likeness (QED) is 0.817. The third-order valence-corrected chi connectivity index (χ3v) is 5.00. The van der Waals surface area contributed by atoms with Crippen LogP contribution in [0.5, 0.6) is 0 Å². The molecule has 1 aliphatic carbocycles. The molecule has 6 heteroatoms. The van der Waals surface area contributed by atoms with E-state index in [1.54, 1.807) is 0 Å². The Morgan fingerprint density at radius 1 is 1.50 bits per heavy atom. The molecule has 0 radical (unpaired) electrons. The molecule has 18 heavy (non-hydrogen) atoms. The molecule has 3 N–H and O–H groups in total. The molecular weight excluding hydrogens is 272 g/mol. The molecular formula is C12H17ClN2O2S. The van der Waals surface area contributed by atoms with Gasteiger partial charge in [0, 0.05) is 6.04 Å². The number of benzene rings is 1. The zero-order valence-electron chi connectivity index (χ0n) is 10.2. The average molecular weight is 289 g/mol. The van der Waals surface area contributed by atoms with Crippen molar-refractivity contribution in [1.82, 2.24) is 4.72 Å². The maximum atomic E-state index is 12.1. The van der Waals surface area contributed by atoms with Gasteiger partial charge in [0.25, 0.3) is 0 Å². The number of hydrogen-bond acceptors (Lipinski definition) is 3. The average Bonchev–Trinajstić information content (AvgIpc) is 3.00. The number of hydrogen-bond donors (Lipinski definition) is 2. The number of sulfonamides is 1. The van der Waals surface area contributed by atoms with Gasteiger partial charge in [-0.2, -0.15) is 0 Å². The van der Waals surface area contributed by atoms with E-state index in [0.717, 1.165) is 19.3 Å². The van der Waals surface area contributed by atoms with Gasteiger partial charge in [-0.1, -0.05) is 24.9 Å². The molecule has 1 aliphatic rings. The third-order valence-electron chi connectivity index (χ3n) is 3.17. The van der Waals surface area contributed by atoms with Crippen LogP contribution in [0.15, 0.2) is 23.1 Å². The van der Waals surface area contributed by atoms with E-state index in [1.807, 2.05) is 0 Å². The summed E-state index contributed by atoms with van der Waals surface area (Å²) in [6.07, 6.45) is 3.07. The summed E-state index contributed by atoms with van der Waals surface area (Å²) >= 11 is 5.77. The van der Waals surface area contributed by atoms with E-state index in [2.05, 4.69) is 11.6 Å². The Morgan fingerprint density at radius 3 is 2.83 bits per heavy atom. The van der Waals surface area contributed by atoms with Gasteiger partial charge in [0.2, 0.25) is 10.0 Å². The Labute approximate surface area is 113 Å². The van der Waals surface area contributed by atoms with Gasteiger partial charge >= 0.3 is 0 Å². The first-order chi connectivity index (χ1) is 8.44. The standard InChI is InChI=1S/C12H17ClN2O2S/c1-2-3-8-6-12(8)15-18(16,17)9-4-5-10(13)11(14)7-9/h4-5,7-8,12,15H,2-3,6,14H2,1H3. The Balaban J connectivity index is 2.09. The second-order valence-corrected chi connectivity index (χ2v) is 6.82. The minimum atomic E-state index is -3.48.